The molecule has 6 heteroatoms. The lowest BCUT2D eigenvalue weighted by Crippen LogP contribution is -2.37. The molecule has 2 amide bonds. The molecule has 0 saturated carbocycles. The zero-order chi connectivity index (χ0) is 16.7. The fraction of sp³-hybridized carbons (Fsp3) is 0.529. The van der Waals surface area contributed by atoms with Crippen molar-refractivity contribution in [3.05, 3.63) is 23.8 Å². The minimum atomic E-state index is -0.594. The first kappa shape index (κ1) is 15.8. The summed E-state index contributed by atoms with van der Waals surface area (Å²) in [5.41, 5.74) is 1.08. The number of likely N-dealkylation sites (tertiary alicyclic amines) is 1. The van der Waals surface area contributed by atoms with Gasteiger partial charge in [-0.2, -0.15) is 0 Å². The van der Waals surface area contributed by atoms with E-state index in [1.807, 2.05) is 19.0 Å². The normalized spacial score (nSPS) is 26.7. The Balaban J connectivity index is 1.87. The molecular formula is C17H23N3O3. The molecule has 124 valence electrons. The molecule has 1 aromatic rings. The van der Waals surface area contributed by atoms with E-state index in [2.05, 4.69) is 17.1 Å². The maximum Gasteiger partial charge on any atom is 0.265 e. The highest BCUT2D eigenvalue weighted by atomic mass is 16.5. The second kappa shape index (κ2) is 5.85. The van der Waals surface area contributed by atoms with Crippen molar-refractivity contribution >= 4 is 17.5 Å². The Morgan fingerprint density at radius 2 is 2.04 bits per heavy atom. The monoisotopic (exact) mass is 317 g/mol. The van der Waals surface area contributed by atoms with E-state index in [-0.39, 0.29) is 11.8 Å². The maximum atomic E-state index is 12.9. The summed E-state index contributed by atoms with van der Waals surface area (Å²) >= 11 is 0. The molecule has 0 spiro atoms. The number of nitrogens with zero attached hydrogens (tertiary/aromatic N) is 2. The highest BCUT2D eigenvalue weighted by Gasteiger charge is 2.36. The van der Waals surface area contributed by atoms with Crippen LogP contribution in [0.3, 0.4) is 0 Å². The molecule has 1 saturated heterocycles. The number of anilines is 1. The van der Waals surface area contributed by atoms with E-state index in [0.29, 0.717) is 35.5 Å². The minimum absolute atomic E-state index is 0.0404. The van der Waals surface area contributed by atoms with Gasteiger partial charge in [0.1, 0.15) is 0 Å². The summed E-state index contributed by atoms with van der Waals surface area (Å²) in [6.07, 6.45) is -0.594. The number of likely N-dealkylation sites (N-methyl/N-ethyl adjacent to an activating group) is 1. The second-order valence-electron chi connectivity index (χ2n) is 6.65. The van der Waals surface area contributed by atoms with Gasteiger partial charge in [0, 0.05) is 19.1 Å². The summed E-state index contributed by atoms with van der Waals surface area (Å²) in [7, 11) is 4.08. The number of fused-ring (bicyclic) bond motifs is 1. The molecule has 3 atom stereocenters. The zero-order valence-corrected chi connectivity index (χ0v) is 14.0. The molecule has 1 aromatic carbocycles. The molecule has 2 heterocycles. The van der Waals surface area contributed by atoms with Crippen LogP contribution in [0.25, 0.3) is 0 Å². The number of nitrogens with one attached hydrogen (secondary N) is 1. The van der Waals surface area contributed by atoms with Crippen molar-refractivity contribution in [3.63, 3.8) is 0 Å². The van der Waals surface area contributed by atoms with Crippen molar-refractivity contribution in [3.8, 4) is 5.75 Å². The third-order valence-electron chi connectivity index (χ3n) is 4.69. The van der Waals surface area contributed by atoms with Crippen LogP contribution >= 0.6 is 0 Å². The zero-order valence-electron chi connectivity index (χ0n) is 14.0. The molecule has 1 fully saturated rings. The number of para-hydroxylation sites is 1. The van der Waals surface area contributed by atoms with Gasteiger partial charge in [-0.1, -0.05) is 13.0 Å². The lowest BCUT2D eigenvalue weighted by Gasteiger charge is -2.26. The lowest BCUT2D eigenvalue weighted by atomic mass is 10.1. The van der Waals surface area contributed by atoms with E-state index in [4.69, 9.17) is 4.74 Å². The van der Waals surface area contributed by atoms with Gasteiger partial charge in [0.25, 0.3) is 11.8 Å². The van der Waals surface area contributed by atoms with E-state index in [1.54, 1.807) is 25.1 Å². The van der Waals surface area contributed by atoms with Gasteiger partial charge < -0.3 is 19.9 Å². The van der Waals surface area contributed by atoms with Gasteiger partial charge in [0.05, 0.1) is 11.3 Å². The molecule has 0 aromatic heterocycles. The Kier molecular flexibility index (Phi) is 4.02. The number of amides is 2. The van der Waals surface area contributed by atoms with Gasteiger partial charge >= 0.3 is 0 Å². The van der Waals surface area contributed by atoms with Crippen molar-refractivity contribution in [1.82, 2.24) is 9.80 Å². The molecule has 23 heavy (non-hydrogen) atoms. The van der Waals surface area contributed by atoms with Crippen LogP contribution in [0.5, 0.6) is 5.75 Å². The standard InChI is InChI=1S/C17H23N3O3/c1-10-8-20(9-14(10)19(3)4)17(22)12-6-5-7-13-15(12)23-11(2)16(21)18-13/h5-7,10-11,14H,8-9H2,1-4H3,(H,18,21)/t10-,11+,14+/m1/s1. The predicted octanol–water partition coefficient (Wildman–Crippen LogP) is 1.43. The second-order valence-corrected chi connectivity index (χ2v) is 6.65. The number of ether oxygens (including phenoxy) is 1. The summed E-state index contributed by atoms with van der Waals surface area (Å²) in [6, 6.07) is 5.65. The first-order valence-corrected chi connectivity index (χ1v) is 7.94. The van der Waals surface area contributed by atoms with Crippen molar-refractivity contribution in [2.75, 3.05) is 32.5 Å². The maximum absolute atomic E-state index is 12.9. The molecule has 6 nitrogen and oxygen atoms in total. The predicted molar refractivity (Wildman–Crippen MR) is 87.7 cm³/mol. The fourth-order valence-corrected chi connectivity index (χ4v) is 3.35. The van der Waals surface area contributed by atoms with Crippen LogP contribution in [0, 0.1) is 5.92 Å². The molecule has 0 aliphatic carbocycles. The Morgan fingerprint density at radius 1 is 1.30 bits per heavy atom. The number of carbonyl (C=O) groups excluding carboxylic acids is 2. The van der Waals surface area contributed by atoms with Crippen LogP contribution < -0.4 is 10.1 Å². The number of carbonyl (C=O) groups is 2. The van der Waals surface area contributed by atoms with Crippen LogP contribution in [0.1, 0.15) is 24.2 Å². The smallest absolute Gasteiger partial charge is 0.265 e. The average molecular weight is 317 g/mol. The highest BCUT2D eigenvalue weighted by Crippen LogP contribution is 2.35. The van der Waals surface area contributed by atoms with Gasteiger partial charge in [0.15, 0.2) is 11.9 Å². The molecule has 3 rings (SSSR count). The summed E-state index contributed by atoms with van der Waals surface area (Å²) < 4.78 is 5.69. The van der Waals surface area contributed by atoms with Crippen LogP contribution in [0.2, 0.25) is 0 Å². The fourth-order valence-electron chi connectivity index (χ4n) is 3.35. The summed E-state index contributed by atoms with van der Waals surface area (Å²) in [4.78, 5) is 28.7. The number of rotatable bonds is 2. The number of benzene rings is 1. The van der Waals surface area contributed by atoms with Crippen LogP contribution in [0.4, 0.5) is 5.69 Å². The van der Waals surface area contributed by atoms with E-state index >= 15 is 0 Å². The summed E-state index contributed by atoms with van der Waals surface area (Å²) in [6.45, 7) is 5.28. The van der Waals surface area contributed by atoms with Crippen molar-refractivity contribution < 1.29 is 14.3 Å². The molecule has 0 radical (unpaired) electrons. The van der Waals surface area contributed by atoms with E-state index in [1.165, 1.54) is 0 Å². The average Bonchev–Trinajstić information content (AvgIpc) is 2.89. The summed E-state index contributed by atoms with van der Waals surface area (Å²) in [5, 5.41) is 2.79. The van der Waals surface area contributed by atoms with Crippen molar-refractivity contribution in [2.24, 2.45) is 5.92 Å². The third kappa shape index (κ3) is 2.79. The molecule has 2 aliphatic rings. The quantitative estimate of drug-likeness (QED) is 0.896. The van der Waals surface area contributed by atoms with Gasteiger partial charge in [0.2, 0.25) is 0 Å². The van der Waals surface area contributed by atoms with Gasteiger partial charge in [-0.15, -0.1) is 0 Å². The van der Waals surface area contributed by atoms with E-state index in [9.17, 15) is 9.59 Å². The van der Waals surface area contributed by atoms with Crippen LogP contribution in [-0.2, 0) is 4.79 Å². The van der Waals surface area contributed by atoms with Crippen molar-refractivity contribution in [1.29, 1.82) is 0 Å². The third-order valence-corrected chi connectivity index (χ3v) is 4.69. The highest BCUT2D eigenvalue weighted by molar-refractivity contribution is 6.04. The minimum Gasteiger partial charge on any atom is -0.478 e. The van der Waals surface area contributed by atoms with E-state index in [0.717, 1.165) is 6.54 Å². The topological polar surface area (TPSA) is 61.9 Å². The van der Waals surface area contributed by atoms with Crippen molar-refractivity contribution in [2.45, 2.75) is 26.0 Å². The Labute approximate surface area is 136 Å². The molecule has 0 unspecified atom stereocenters. The molecule has 0 bridgehead atoms. The Bertz CT molecular complexity index is 644. The number of hydrogen-bond acceptors (Lipinski definition) is 4. The Morgan fingerprint density at radius 3 is 2.70 bits per heavy atom. The van der Waals surface area contributed by atoms with Gasteiger partial charge in [-0.25, -0.2) is 0 Å². The summed E-state index contributed by atoms with van der Waals surface area (Å²) in [5.74, 6) is 0.671. The lowest BCUT2D eigenvalue weighted by molar-refractivity contribution is -0.122. The first-order chi connectivity index (χ1) is 10.9. The molecule has 1 N–H and O–H groups in total. The molecular weight excluding hydrogens is 294 g/mol. The SMILES string of the molecule is C[C@@H]1Oc2c(cccc2C(=O)N2C[C@@H](C)[C@@H](N(C)C)C2)NC1=O. The van der Waals surface area contributed by atoms with Gasteiger partial charge in [-0.3, -0.25) is 9.59 Å². The largest absolute Gasteiger partial charge is 0.478 e. The van der Waals surface area contributed by atoms with Crippen LogP contribution in [0.15, 0.2) is 18.2 Å². The van der Waals surface area contributed by atoms with Gasteiger partial charge in [-0.05, 0) is 39.1 Å². The Hall–Kier alpha value is -2.08. The number of hydrogen-bond donors (Lipinski definition) is 1. The first-order valence-electron chi connectivity index (χ1n) is 7.94. The molecule has 2 aliphatic heterocycles. The van der Waals surface area contributed by atoms with E-state index < -0.39 is 6.10 Å². The van der Waals surface area contributed by atoms with Crippen LogP contribution in [-0.4, -0.2) is 60.9 Å².